The number of methoxy groups -OCH3 is 1. The van der Waals surface area contributed by atoms with Gasteiger partial charge in [-0.3, -0.25) is 4.79 Å². The Labute approximate surface area is 396 Å². The van der Waals surface area contributed by atoms with E-state index in [9.17, 15) is 24.9 Å². The van der Waals surface area contributed by atoms with Crippen LogP contribution in [0, 0.1) is 17.8 Å². The number of fused-ring (bicyclic) bond motifs is 9. The molecule has 68 heavy (non-hydrogen) atoms. The van der Waals surface area contributed by atoms with Crippen LogP contribution < -0.4 is 10.4 Å². The molecule has 4 aromatic carbocycles. The fourth-order valence-corrected chi connectivity index (χ4v) is 10.9. The van der Waals surface area contributed by atoms with Crippen LogP contribution in [0.2, 0.25) is 0 Å². The smallest absolute Gasteiger partial charge is 0.340 e. The molecule has 4 aliphatic rings. The SMILES string of the molecule is COC[C@@H](CCO)c1c(CO)c2ccc3c(c2oc1=O)[C@H]1OC(=O)C[C@@H]2C[C@H](c4cccc(Cc5ccccc5)c4)C=C[C@H]2c2ccc4cc2CC#CC[C@@](C)(O3)[C@H]1OC(=O)/C(=C(/C)CO)CC4. The molecule has 0 saturated carbocycles. The zero-order valence-corrected chi connectivity index (χ0v) is 38.8. The summed E-state index contributed by atoms with van der Waals surface area (Å²) in [5.74, 6) is 4.74. The molecule has 1 aliphatic carbocycles. The monoisotopic (exact) mass is 918 g/mol. The molecule has 0 unspecified atom stereocenters. The summed E-state index contributed by atoms with van der Waals surface area (Å²) in [6.45, 7) is 2.37. The van der Waals surface area contributed by atoms with Gasteiger partial charge in [0.15, 0.2) is 17.8 Å². The Kier molecular flexibility index (Phi) is 13.9. The van der Waals surface area contributed by atoms with Crippen LogP contribution in [0.25, 0.3) is 11.0 Å². The number of benzene rings is 4. The van der Waals surface area contributed by atoms with Crippen LogP contribution in [0.1, 0.15) is 120 Å². The molecule has 9 rings (SSSR count). The Morgan fingerprint density at radius 3 is 2.51 bits per heavy atom. The van der Waals surface area contributed by atoms with E-state index in [-0.39, 0.29) is 96.9 Å². The zero-order valence-electron chi connectivity index (χ0n) is 38.8. The van der Waals surface area contributed by atoms with Crippen LogP contribution in [0.4, 0.5) is 0 Å². The van der Waals surface area contributed by atoms with Crippen molar-refractivity contribution in [3.8, 4) is 17.6 Å². The average Bonchev–Trinajstić information content (AvgIpc) is 3.33. The van der Waals surface area contributed by atoms with Gasteiger partial charge in [-0.15, -0.1) is 0 Å². The standard InChI is InChI=1S/C57H58O11/c1-34(31-59)43-18-15-36-16-19-44-40(27-36)13-7-8-24-57(2)54(67-55(43)62)53(51-48(68-57)22-21-46-47(32-60)50(56(63)66-52(46)51)41(23-25-58)33-64-3)65-49(61)30-42-29-39(17-20-45(42)44)38-14-9-12-37(28-38)26-35-10-5-4-6-11-35/h4-6,9-12,14,16-17,19-22,27-28,39,41-42,45,53-54,58-60H,13,15,18,23-26,29-33H2,1-3H3/b43-34-/t39-,41-,42+,45-,53-,54+,57-/m1/s1. The van der Waals surface area contributed by atoms with Crippen LogP contribution in [0.5, 0.6) is 5.75 Å². The summed E-state index contributed by atoms with van der Waals surface area (Å²) in [6.07, 6.45) is 4.64. The Morgan fingerprint density at radius 1 is 0.912 bits per heavy atom. The molecule has 5 aromatic rings. The predicted molar refractivity (Wildman–Crippen MR) is 256 cm³/mol. The summed E-state index contributed by atoms with van der Waals surface area (Å²) in [6, 6.07) is 28.7. The molecule has 1 aromatic heterocycles. The third-order valence-corrected chi connectivity index (χ3v) is 14.4. The van der Waals surface area contributed by atoms with Crippen LogP contribution in [0.15, 0.2) is 117 Å². The van der Waals surface area contributed by atoms with Crippen molar-refractivity contribution >= 4 is 22.9 Å². The van der Waals surface area contributed by atoms with Crippen molar-refractivity contribution in [2.24, 2.45) is 5.92 Å². The minimum atomic E-state index is -1.40. The van der Waals surface area contributed by atoms with E-state index in [0.717, 1.165) is 28.7 Å². The molecule has 11 nitrogen and oxygen atoms in total. The molecule has 0 spiro atoms. The van der Waals surface area contributed by atoms with Gasteiger partial charge in [0.1, 0.15) is 11.3 Å². The van der Waals surface area contributed by atoms with Gasteiger partial charge in [0.25, 0.3) is 0 Å². The molecule has 11 heteroatoms. The van der Waals surface area contributed by atoms with E-state index in [4.69, 9.17) is 23.4 Å². The number of aryl methyl sites for hydroxylation is 1. The van der Waals surface area contributed by atoms with Gasteiger partial charge in [0.05, 0.1) is 31.8 Å². The fraction of sp³-hybridized carbons (Fsp3) is 0.386. The van der Waals surface area contributed by atoms with E-state index in [1.165, 1.54) is 18.2 Å². The highest BCUT2D eigenvalue weighted by molar-refractivity contribution is 5.90. The second-order valence-corrected chi connectivity index (χ2v) is 18.9. The molecule has 5 bridgehead atoms. The Morgan fingerprint density at radius 2 is 1.74 bits per heavy atom. The molecule has 0 saturated heterocycles. The van der Waals surface area contributed by atoms with Gasteiger partial charge in [-0.25, -0.2) is 9.59 Å². The van der Waals surface area contributed by atoms with Crippen molar-refractivity contribution < 1.29 is 48.3 Å². The number of ether oxygens (including phenoxy) is 4. The van der Waals surface area contributed by atoms with Crippen molar-refractivity contribution in [3.63, 3.8) is 0 Å². The number of hydrogen-bond donors (Lipinski definition) is 3. The Bertz CT molecular complexity index is 2890. The summed E-state index contributed by atoms with van der Waals surface area (Å²) in [7, 11) is 1.49. The number of hydrogen-bond acceptors (Lipinski definition) is 11. The Hall–Kier alpha value is -6.29. The number of aliphatic hydroxyl groups excluding tert-OH is 3. The zero-order chi connectivity index (χ0) is 47.5. The van der Waals surface area contributed by atoms with Gasteiger partial charge in [-0.1, -0.05) is 96.8 Å². The molecule has 0 amide bonds. The molecule has 0 fully saturated rings. The van der Waals surface area contributed by atoms with E-state index in [1.807, 2.05) is 18.2 Å². The topological polar surface area (TPSA) is 162 Å². The fourth-order valence-electron chi connectivity index (χ4n) is 10.9. The van der Waals surface area contributed by atoms with E-state index in [0.29, 0.717) is 30.2 Å². The van der Waals surface area contributed by atoms with Gasteiger partial charge in [-0.2, -0.15) is 0 Å². The normalized spacial score (nSPS) is 24.5. The Balaban J connectivity index is 1.21. The van der Waals surface area contributed by atoms with Crippen molar-refractivity contribution in [2.75, 3.05) is 26.9 Å². The summed E-state index contributed by atoms with van der Waals surface area (Å²) in [4.78, 5) is 43.9. The molecule has 0 radical (unpaired) electrons. The minimum Gasteiger partial charge on any atom is -0.482 e. The highest BCUT2D eigenvalue weighted by Gasteiger charge is 2.53. The number of esters is 2. The lowest BCUT2D eigenvalue weighted by Gasteiger charge is -2.45. The van der Waals surface area contributed by atoms with E-state index < -0.39 is 47.9 Å². The van der Waals surface area contributed by atoms with Crippen molar-refractivity contribution in [1.82, 2.24) is 0 Å². The minimum absolute atomic E-state index is 0.00153. The van der Waals surface area contributed by atoms with E-state index in [2.05, 4.69) is 78.6 Å². The van der Waals surface area contributed by atoms with Gasteiger partial charge < -0.3 is 38.7 Å². The third-order valence-electron chi connectivity index (χ3n) is 14.4. The molecule has 3 aliphatic heterocycles. The maximum atomic E-state index is 15.1. The van der Waals surface area contributed by atoms with Crippen LogP contribution in [-0.2, 0) is 49.7 Å². The largest absolute Gasteiger partial charge is 0.482 e. The number of carbonyl (C=O) groups excluding carboxylic acids is 2. The predicted octanol–water partition coefficient (Wildman–Crippen LogP) is 8.37. The van der Waals surface area contributed by atoms with Crippen molar-refractivity contribution in [2.45, 2.75) is 107 Å². The van der Waals surface area contributed by atoms with Crippen LogP contribution >= 0.6 is 0 Å². The number of allylic oxidation sites excluding steroid dienone is 2. The maximum absolute atomic E-state index is 15.1. The lowest BCUT2D eigenvalue weighted by atomic mass is 9.71. The average molecular weight is 919 g/mol. The van der Waals surface area contributed by atoms with Crippen LogP contribution in [-0.4, -0.2) is 65.9 Å². The van der Waals surface area contributed by atoms with Gasteiger partial charge >= 0.3 is 17.6 Å². The quantitative estimate of drug-likeness (QED) is 0.0406. The maximum Gasteiger partial charge on any atom is 0.340 e. The first-order valence-corrected chi connectivity index (χ1v) is 23.6. The van der Waals surface area contributed by atoms with E-state index >= 15 is 4.79 Å². The number of carbonyl (C=O) groups is 2. The number of rotatable bonds is 10. The molecular formula is C57H58O11. The first kappa shape index (κ1) is 46.8. The van der Waals surface area contributed by atoms with Crippen LogP contribution in [0.3, 0.4) is 0 Å². The lowest BCUT2D eigenvalue weighted by molar-refractivity contribution is -0.190. The highest BCUT2D eigenvalue weighted by atomic mass is 16.6. The second kappa shape index (κ2) is 20.1. The first-order chi connectivity index (χ1) is 33.0. The molecule has 4 heterocycles. The van der Waals surface area contributed by atoms with Crippen molar-refractivity contribution in [1.29, 1.82) is 0 Å². The van der Waals surface area contributed by atoms with Gasteiger partial charge in [0, 0.05) is 60.8 Å². The molecule has 7 atom stereocenters. The summed E-state index contributed by atoms with van der Waals surface area (Å²) < 4.78 is 31.7. The molecular weight excluding hydrogens is 861 g/mol. The van der Waals surface area contributed by atoms with Crippen molar-refractivity contribution in [3.05, 3.63) is 169 Å². The number of aliphatic hydroxyl groups is 3. The second-order valence-electron chi connectivity index (χ2n) is 18.9. The highest BCUT2D eigenvalue weighted by Crippen LogP contribution is 2.50. The summed E-state index contributed by atoms with van der Waals surface area (Å²) in [5, 5.41) is 31.6. The lowest BCUT2D eigenvalue weighted by Crippen LogP contribution is -2.54. The third kappa shape index (κ3) is 9.31. The van der Waals surface area contributed by atoms with E-state index in [1.54, 1.807) is 26.0 Å². The molecule has 3 N–H and O–H groups in total. The first-order valence-electron chi connectivity index (χ1n) is 23.6. The summed E-state index contributed by atoms with van der Waals surface area (Å²) >= 11 is 0. The van der Waals surface area contributed by atoms with Gasteiger partial charge in [-0.05, 0) is 109 Å². The van der Waals surface area contributed by atoms with Gasteiger partial charge in [0.2, 0.25) is 0 Å². The molecule has 352 valence electrons. The summed E-state index contributed by atoms with van der Waals surface area (Å²) in [5.41, 5.74) is 5.84.